The Morgan fingerprint density at radius 2 is 2.00 bits per heavy atom. The van der Waals surface area contributed by atoms with Crippen LogP contribution in [0.15, 0.2) is 24.3 Å². The van der Waals surface area contributed by atoms with Crippen molar-refractivity contribution in [3.63, 3.8) is 0 Å². The molecule has 6 nitrogen and oxygen atoms in total. The van der Waals surface area contributed by atoms with Gasteiger partial charge in [-0.25, -0.2) is 0 Å². The Hall–Kier alpha value is -2.08. The molecule has 0 aliphatic rings. The number of hydrogen-bond donors (Lipinski definition) is 1. The molecule has 7 heteroatoms. The van der Waals surface area contributed by atoms with Gasteiger partial charge >= 0.3 is 12.0 Å². The van der Waals surface area contributed by atoms with E-state index in [0.29, 0.717) is 17.6 Å². The average molecular weight is 309 g/mol. The van der Waals surface area contributed by atoms with Crippen LogP contribution >= 0.6 is 11.6 Å². The second kappa shape index (κ2) is 7.64. The van der Waals surface area contributed by atoms with Crippen molar-refractivity contribution in [2.24, 2.45) is 0 Å². The van der Waals surface area contributed by atoms with Crippen LogP contribution in [0.25, 0.3) is 0 Å². The highest BCUT2D eigenvalue weighted by Gasteiger charge is 2.08. The molecule has 0 spiro atoms. The molecule has 0 unspecified atom stereocenters. The first-order valence-corrected chi connectivity index (χ1v) is 7.00. The molecule has 1 aromatic carbocycles. The van der Waals surface area contributed by atoms with Gasteiger partial charge in [0.15, 0.2) is 0 Å². The van der Waals surface area contributed by atoms with Crippen molar-refractivity contribution >= 4 is 17.5 Å². The SMILES string of the molecule is CCCNc1nc(OC)nc(OCc2cccc(Cl)c2)n1. The van der Waals surface area contributed by atoms with Crippen molar-refractivity contribution in [1.29, 1.82) is 0 Å². The lowest BCUT2D eigenvalue weighted by atomic mass is 10.2. The molecule has 0 saturated carbocycles. The van der Waals surface area contributed by atoms with Gasteiger partial charge in [0, 0.05) is 11.6 Å². The highest BCUT2D eigenvalue weighted by molar-refractivity contribution is 6.30. The number of benzene rings is 1. The molecule has 0 aliphatic carbocycles. The summed E-state index contributed by atoms with van der Waals surface area (Å²) in [5, 5.41) is 3.74. The quantitative estimate of drug-likeness (QED) is 0.848. The van der Waals surface area contributed by atoms with E-state index >= 15 is 0 Å². The topological polar surface area (TPSA) is 69.2 Å². The molecule has 112 valence electrons. The van der Waals surface area contributed by atoms with Crippen molar-refractivity contribution in [3.8, 4) is 12.0 Å². The van der Waals surface area contributed by atoms with Crippen LogP contribution in [0.3, 0.4) is 0 Å². The van der Waals surface area contributed by atoms with Gasteiger partial charge in [-0.15, -0.1) is 4.98 Å². The summed E-state index contributed by atoms with van der Waals surface area (Å²) in [4.78, 5) is 12.3. The Morgan fingerprint density at radius 3 is 2.71 bits per heavy atom. The summed E-state index contributed by atoms with van der Waals surface area (Å²) in [6, 6.07) is 7.84. The highest BCUT2D eigenvalue weighted by atomic mass is 35.5. The zero-order chi connectivity index (χ0) is 15.1. The van der Waals surface area contributed by atoms with Crippen LogP contribution in [0.2, 0.25) is 5.02 Å². The second-order valence-corrected chi connectivity index (χ2v) is 4.71. The molecule has 0 bridgehead atoms. The fourth-order valence-electron chi connectivity index (χ4n) is 1.58. The summed E-state index contributed by atoms with van der Waals surface area (Å²) >= 11 is 5.93. The molecule has 2 rings (SSSR count). The van der Waals surface area contributed by atoms with Gasteiger partial charge in [-0.05, 0) is 24.1 Å². The Labute approximate surface area is 128 Å². The fraction of sp³-hybridized carbons (Fsp3) is 0.357. The van der Waals surface area contributed by atoms with Crippen molar-refractivity contribution in [1.82, 2.24) is 15.0 Å². The molecule has 0 aliphatic heterocycles. The molecule has 0 fully saturated rings. The molecule has 0 atom stereocenters. The van der Waals surface area contributed by atoms with Gasteiger partial charge in [-0.3, -0.25) is 0 Å². The van der Waals surface area contributed by atoms with Gasteiger partial charge in [-0.2, -0.15) is 9.97 Å². The lowest BCUT2D eigenvalue weighted by molar-refractivity contribution is 0.271. The molecular weight excluding hydrogens is 292 g/mol. The zero-order valence-corrected chi connectivity index (χ0v) is 12.7. The molecule has 0 radical (unpaired) electrons. The van der Waals surface area contributed by atoms with Gasteiger partial charge in [-0.1, -0.05) is 30.7 Å². The van der Waals surface area contributed by atoms with E-state index in [0.717, 1.165) is 18.5 Å². The van der Waals surface area contributed by atoms with Gasteiger partial charge in [0.1, 0.15) is 6.61 Å². The lowest BCUT2D eigenvalue weighted by Crippen LogP contribution is -2.09. The summed E-state index contributed by atoms with van der Waals surface area (Å²) in [5.74, 6) is 0.435. The molecule has 0 amide bonds. The number of nitrogens with one attached hydrogen (secondary N) is 1. The van der Waals surface area contributed by atoms with E-state index in [1.54, 1.807) is 0 Å². The summed E-state index contributed by atoms with van der Waals surface area (Å²) in [6.45, 7) is 3.14. The van der Waals surface area contributed by atoms with Crippen molar-refractivity contribution in [2.45, 2.75) is 20.0 Å². The molecule has 0 saturated heterocycles. The third-order valence-electron chi connectivity index (χ3n) is 2.57. The Bertz CT molecular complexity index is 595. The number of methoxy groups -OCH3 is 1. The summed E-state index contributed by atoms with van der Waals surface area (Å²) in [7, 11) is 1.50. The van der Waals surface area contributed by atoms with Crippen molar-refractivity contribution in [2.75, 3.05) is 19.0 Å². The number of halogens is 1. The predicted octanol–water partition coefficient (Wildman–Crippen LogP) is 2.93. The van der Waals surface area contributed by atoms with Crippen molar-refractivity contribution in [3.05, 3.63) is 34.9 Å². The van der Waals surface area contributed by atoms with Crippen LogP contribution in [0, 0.1) is 0 Å². The molecule has 1 N–H and O–H groups in total. The molecule has 1 heterocycles. The first kappa shape index (κ1) is 15.3. The Morgan fingerprint density at radius 1 is 1.19 bits per heavy atom. The monoisotopic (exact) mass is 308 g/mol. The lowest BCUT2D eigenvalue weighted by Gasteiger charge is -2.08. The van der Waals surface area contributed by atoms with E-state index in [1.807, 2.05) is 24.3 Å². The molecule has 1 aromatic heterocycles. The van der Waals surface area contributed by atoms with Crippen LogP contribution in [0.4, 0.5) is 5.95 Å². The molecule has 21 heavy (non-hydrogen) atoms. The summed E-state index contributed by atoms with van der Waals surface area (Å²) in [6.07, 6.45) is 0.965. The summed E-state index contributed by atoms with van der Waals surface area (Å²) < 4.78 is 10.6. The fourth-order valence-corrected chi connectivity index (χ4v) is 1.80. The smallest absolute Gasteiger partial charge is 0.324 e. The van der Waals surface area contributed by atoms with E-state index in [1.165, 1.54) is 7.11 Å². The molecular formula is C14H17ClN4O2. The van der Waals surface area contributed by atoms with E-state index in [-0.39, 0.29) is 12.0 Å². The Kier molecular flexibility index (Phi) is 5.57. The van der Waals surface area contributed by atoms with E-state index in [9.17, 15) is 0 Å². The predicted molar refractivity (Wildman–Crippen MR) is 80.9 cm³/mol. The maximum absolute atomic E-state index is 5.93. The van der Waals surface area contributed by atoms with Gasteiger partial charge < -0.3 is 14.8 Å². The van der Waals surface area contributed by atoms with Crippen molar-refractivity contribution < 1.29 is 9.47 Å². The van der Waals surface area contributed by atoms with Gasteiger partial charge in [0.2, 0.25) is 5.95 Å². The average Bonchev–Trinajstić information content (AvgIpc) is 2.51. The maximum Gasteiger partial charge on any atom is 0.324 e. The third kappa shape index (κ3) is 4.75. The Balaban J connectivity index is 2.07. The van der Waals surface area contributed by atoms with Crippen LogP contribution < -0.4 is 14.8 Å². The largest absolute Gasteiger partial charge is 0.467 e. The number of ether oxygens (including phenoxy) is 2. The van der Waals surface area contributed by atoms with Gasteiger partial charge in [0.05, 0.1) is 7.11 Å². The minimum absolute atomic E-state index is 0.209. The molecule has 2 aromatic rings. The normalized spacial score (nSPS) is 10.2. The van der Waals surface area contributed by atoms with E-state index in [4.69, 9.17) is 21.1 Å². The zero-order valence-electron chi connectivity index (χ0n) is 12.0. The second-order valence-electron chi connectivity index (χ2n) is 4.27. The number of aromatic nitrogens is 3. The minimum Gasteiger partial charge on any atom is -0.467 e. The first-order valence-electron chi connectivity index (χ1n) is 6.62. The van der Waals surface area contributed by atoms with Crippen LogP contribution in [-0.4, -0.2) is 28.6 Å². The van der Waals surface area contributed by atoms with Gasteiger partial charge in [0.25, 0.3) is 0 Å². The maximum atomic E-state index is 5.93. The van der Waals surface area contributed by atoms with E-state index < -0.39 is 0 Å². The first-order chi connectivity index (χ1) is 10.2. The third-order valence-corrected chi connectivity index (χ3v) is 2.80. The number of rotatable bonds is 7. The number of nitrogens with zero attached hydrogens (tertiary/aromatic N) is 3. The standard InChI is InChI=1S/C14H17ClN4O2/c1-3-7-16-12-17-13(20-2)19-14(18-12)21-9-10-5-4-6-11(15)8-10/h4-6,8H,3,7,9H2,1-2H3,(H,16,17,18,19). The number of anilines is 1. The van der Waals surface area contributed by atoms with E-state index in [2.05, 4.69) is 27.2 Å². The van der Waals surface area contributed by atoms with Crippen LogP contribution in [0.1, 0.15) is 18.9 Å². The highest BCUT2D eigenvalue weighted by Crippen LogP contribution is 2.15. The number of hydrogen-bond acceptors (Lipinski definition) is 6. The van der Waals surface area contributed by atoms with Crippen LogP contribution in [-0.2, 0) is 6.61 Å². The van der Waals surface area contributed by atoms with Crippen LogP contribution in [0.5, 0.6) is 12.0 Å². The minimum atomic E-state index is 0.209. The summed E-state index contributed by atoms with van der Waals surface area (Å²) in [5.41, 5.74) is 0.935.